The van der Waals surface area contributed by atoms with Gasteiger partial charge in [-0.3, -0.25) is 4.79 Å². The van der Waals surface area contributed by atoms with Gasteiger partial charge in [-0.15, -0.1) is 0 Å². The van der Waals surface area contributed by atoms with Crippen molar-refractivity contribution in [3.63, 3.8) is 0 Å². The predicted octanol–water partition coefficient (Wildman–Crippen LogP) is 2.82. The molecule has 0 spiro atoms. The van der Waals surface area contributed by atoms with Crippen LogP contribution >= 0.6 is 0 Å². The van der Waals surface area contributed by atoms with Crippen LogP contribution in [0.5, 0.6) is 0 Å². The van der Waals surface area contributed by atoms with E-state index in [9.17, 15) is 14.7 Å². The summed E-state index contributed by atoms with van der Waals surface area (Å²) in [6, 6.07) is -0.727. The van der Waals surface area contributed by atoms with Crippen molar-refractivity contribution in [2.24, 2.45) is 23.7 Å². The minimum absolute atomic E-state index is 0.0337. The minimum atomic E-state index is -0.915. The molecule has 0 aliphatic heterocycles. The fourth-order valence-corrected chi connectivity index (χ4v) is 3.57. The molecule has 3 unspecified atom stereocenters. The van der Waals surface area contributed by atoms with Crippen LogP contribution < -0.4 is 5.32 Å². The lowest BCUT2D eigenvalue weighted by Crippen LogP contribution is -2.42. The first-order chi connectivity index (χ1) is 9.49. The number of carbonyl (C=O) groups is 2. The molecule has 4 heteroatoms. The summed E-state index contributed by atoms with van der Waals surface area (Å²) < 4.78 is 0. The van der Waals surface area contributed by atoms with Gasteiger partial charge in [0.25, 0.3) is 0 Å². The summed E-state index contributed by atoms with van der Waals surface area (Å²) in [5.74, 6) is 0.615. The SMILES string of the molecule is CC(C)CC(NC(=O)C1CC1C1CCCCC1)C(=O)O. The molecule has 2 aliphatic carbocycles. The monoisotopic (exact) mass is 281 g/mol. The quantitative estimate of drug-likeness (QED) is 0.786. The van der Waals surface area contributed by atoms with E-state index in [1.165, 1.54) is 32.1 Å². The maximum atomic E-state index is 12.2. The highest BCUT2D eigenvalue weighted by Crippen LogP contribution is 2.49. The first-order valence-corrected chi connectivity index (χ1v) is 8.02. The van der Waals surface area contributed by atoms with Crippen molar-refractivity contribution in [3.8, 4) is 0 Å². The van der Waals surface area contributed by atoms with Gasteiger partial charge in [-0.2, -0.15) is 0 Å². The molecule has 2 rings (SSSR count). The molecule has 2 N–H and O–H groups in total. The van der Waals surface area contributed by atoms with Crippen molar-refractivity contribution in [1.29, 1.82) is 0 Å². The minimum Gasteiger partial charge on any atom is -0.480 e. The highest BCUT2D eigenvalue weighted by atomic mass is 16.4. The first kappa shape index (κ1) is 15.3. The van der Waals surface area contributed by atoms with Gasteiger partial charge in [0.1, 0.15) is 6.04 Å². The number of hydrogen-bond acceptors (Lipinski definition) is 2. The van der Waals surface area contributed by atoms with E-state index in [0.29, 0.717) is 18.3 Å². The third-order valence-corrected chi connectivity index (χ3v) is 4.75. The Kier molecular flexibility index (Phi) is 5.06. The Balaban J connectivity index is 1.81. The van der Waals surface area contributed by atoms with E-state index in [-0.39, 0.29) is 17.7 Å². The molecule has 3 atom stereocenters. The van der Waals surface area contributed by atoms with Gasteiger partial charge in [-0.1, -0.05) is 46.0 Å². The molecule has 4 nitrogen and oxygen atoms in total. The highest BCUT2D eigenvalue weighted by Gasteiger charge is 2.47. The Morgan fingerprint density at radius 3 is 2.40 bits per heavy atom. The van der Waals surface area contributed by atoms with Crippen LogP contribution in [0.25, 0.3) is 0 Å². The molecule has 0 saturated heterocycles. The zero-order valence-corrected chi connectivity index (χ0v) is 12.6. The molecule has 0 aromatic rings. The lowest BCUT2D eigenvalue weighted by Gasteiger charge is -2.22. The number of aliphatic carboxylic acids is 1. The van der Waals surface area contributed by atoms with Gasteiger partial charge in [0.15, 0.2) is 0 Å². The van der Waals surface area contributed by atoms with Gasteiger partial charge in [0.05, 0.1) is 0 Å². The van der Waals surface area contributed by atoms with Gasteiger partial charge in [0, 0.05) is 5.92 Å². The zero-order valence-electron chi connectivity index (χ0n) is 12.6. The Morgan fingerprint density at radius 2 is 1.85 bits per heavy atom. The second-order valence-corrected chi connectivity index (χ2v) is 6.93. The lowest BCUT2D eigenvalue weighted by atomic mass is 9.85. The van der Waals surface area contributed by atoms with Gasteiger partial charge >= 0.3 is 5.97 Å². The van der Waals surface area contributed by atoms with Crippen LogP contribution in [0.4, 0.5) is 0 Å². The molecule has 0 aromatic heterocycles. The van der Waals surface area contributed by atoms with E-state index >= 15 is 0 Å². The molecule has 2 saturated carbocycles. The number of amides is 1. The van der Waals surface area contributed by atoms with Crippen LogP contribution in [0, 0.1) is 23.7 Å². The zero-order chi connectivity index (χ0) is 14.7. The summed E-state index contributed by atoms with van der Waals surface area (Å²) in [6.07, 6.45) is 7.88. The molecule has 2 fully saturated rings. The van der Waals surface area contributed by atoms with Crippen LogP contribution in [0.15, 0.2) is 0 Å². The fraction of sp³-hybridized carbons (Fsp3) is 0.875. The average molecular weight is 281 g/mol. The second kappa shape index (κ2) is 6.59. The summed E-state index contributed by atoms with van der Waals surface area (Å²) in [5, 5.41) is 11.9. The maximum absolute atomic E-state index is 12.2. The molecule has 0 bridgehead atoms. The predicted molar refractivity (Wildman–Crippen MR) is 77.2 cm³/mol. The van der Waals surface area contributed by atoms with Crippen LogP contribution in [0.1, 0.15) is 58.8 Å². The Bertz CT molecular complexity index is 361. The molecular weight excluding hydrogens is 254 g/mol. The van der Waals surface area contributed by atoms with E-state index in [1.807, 2.05) is 13.8 Å². The van der Waals surface area contributed by atoms with Gasteiger partial charge < -0.3 is 10.4 Å². The van der Waals surface area contributed by atoms with Gasteiger partial charge in [-0.05, 0) is 30.6 Å². The summed E-state index contributed by atoms with van der Waals surface area (Å²) >= 11 is 0. The van der Waals surface area contributed by atoms with Crippen molar-refractivity contribution < 1.29 is 14.7 Å². The Labute approximate surface area is 121 Å². The van der Waals surface area contributed by atoms with E-state index in [1.54, 1.807) is 0 Å². The Hall–Kier alpha value is -1.06. The number of carbonyl (C=O) groups excluding carboxylic acids is 1. The third kappa shape index (κ3) is 3.97. The molecule has 20 heavy (non-hydrogen) atoms. The topological polar surface area (TPSA) is 66.4 Å². The van der Waals surface area contributed by atoms with Crippen LogP contribution in [0.3, 0.4) is 0 Å². The number of rotatable bonds is 6. The largest absolute Gasteiger partial charge is 0.480 e. The lowest BCUT2D eigenvalue weighted by molar-refractivity contribution is -0.142. The Morgan fingerprint density at radius 1 is 1.20 bits per heavy atom. The summed E-state index contributed by atoms with van der Waals surface area (Å²) in [7, 11) is 0. The number of carboxylic acids is 1. The van der Waals surface area contributed by atoms with Crippen molar-refractivity contribution in [1.82, 2.24) is 5.32 Å². The van der Waals surface area contributed by atoms with Gasteiger partial charge in [0.2, 0.25) is 5.91 Å². The van der Waals surface area contributed by atoms with Crippen LogP contribution in [0.2, 0.25) is 0 Å². The smallest absolute Gasteiger partial charge is 0.326 e. The molecule has 0 aromatic carbocycles. The molecule has 1 amide bonds. The van der Waals surface area contributed by atoms with E-state index in [2.05, 4.69) is 5.32 Å². The molecular formula is C16H27NO3. The van der Waals surface area contributed by atoms with Crippen LogP contribution in [-0.4, -0.2) is 23.0 Å². The van der Waals surface area contributed by atoms with E-state index < -0.39 is 12.0 Å². The summed E-state index contributed by atoms with van der Waals surface area (Å²) in [6.45, 7) is 3.95. The van der Waals surface area contributed by atoms with Crippen molar-refractivity contribution in [2.75, 3.05) is 0 Å². The van der Waals surface area contributed by atoms with Crippen LogP contribution in [-0.2, 0) is 9.59 Å². The molecule has 0 radical (unpaired) electrons. The molecule has 114 valence electrons. The standard InChI is InChI=1S/C16H27NO3/c1-10(2)8-14(16(19)20)17-15(18)13-9-12(13)11-6-4-3-5-7-11/h10-14H,3-9H2,1-2H3,(H,17,18)(H,19,20). The third-order valence-electron chi connectivity index (χ3n) is 4.75. The summed E-state index contributed by atoms with van der Waals surface area (Å²) in [5.41, 5.74) is 0. The number of nitrogens with one attached hydrogen (secondary N) is 1. The average Bonchev–Trinajstić information content (AvgIpc) is 3.18. The fourth-order valence-electron chi connectivity index (χ4n) is 3.57. The number of hydrogen-bond donors (Lipinski definition) is 2. The summed E-state index contributed by atoms with van der Waals surface area (Å²) in [4.78, 5) is 23.4. The molecule has 0 heterocycles. The normalized spacial score (nSPS) is 28.1. The van der Waals surface area contributed by atoms with Crippen molar-refractivity contribution >= 4 is 11.9 Å². The van der Waals surface area contributed by atoms with Crippen molar-refractivity contribution in [3.05, 3.63) is 0 Å². The maximum Gasteiger partial charge on any atom is 0.326 e. The molecule has 2 aliphatic rings. The van der Waals surface area contributed by atoms with E-state index in [0.717, 1.165) is 6.42 Å². The van der Waals surface area contributed by atoms with E-state index in [4.69, 9.17) is 0 Å². The van der Waals surface area contributed by atoms with Crippen molar-refractivity contribution in [2.45, 2.75) is 64.8 Å². The highest BCUT2D eigenvalue weighted by molar-refractivity contribution is 5.86. The second-order valence-electron chi connectivity index (χ2n) is 6.93. The number of carboxylic acid groups (broad SMARTS) is 1. The van der Waals surface area contributed by atoms with Gasteiger partial charge in [-0.25, -0.2) is 4.79 Å². The first-order valence-electron chi connectivity index (χ1n) is 8.02.